The number of carbonyl (C=O) groups is 1. The lowest BCUT2D eigenvalue weighted by Crippen LogP contribution is -2.40. The fourth-order valence-corrected chi connectivity index (χ4v) is 1.42. The molecule has 2 rings (SSSR count). The molecule has 1 aliphatic heterocycles. The van der Waals surface area contributed by atoms with Crippen LogP contribution in [0.15, 0.2) is 24.3 Å². The number of nitrogens with zero attached hydrogens (tertiary/aromatic N) is 1. The lowest BCUT2D eigenvalue weighted by atomic mass is 10.2. The molecular weight excluding hydrogens is 166 g/mol. The van der Waals surface area contributed by atoms with E-state index in [-0.39, 0.29) is 5.91 Å². The van der Waals surface area contributed by atoms with Gasteiger partial charge in [0.2, 0.25) is 0 Å². The van der Waals surface area contributed by atoms with Gasteiger partial charge in [-0.3, -0.25) is 4.79 Å². The molecule has 0 atom stereocenters. The van der Waals surface area contributed by atoms with E-state index >= 15 is 0 Å². The van der Waals surface area contributed by atoms with Crippen LogP contribution in [0.4, 0.5) is 5.69 Å². The summed E-state index contributed by atoms with van der Waals surface area (Å²) < 4.78 is 0. The average Bonchev–Trinajstić information content (AvgIpc) is 2.29. The Balaban J connectivity index is 2.46. The predicted molar refractivity (Wildman–Crippen MR) is 49.8 cm³/mol. The van der Waals surface area contributed by atoms with Crippen molar-refractivity contribution in [3.05, 3.63) is 29.8 Å². The zero-order chi connectivity index (χ0) is 9.26. The van der Waals surface area contributed by atoms with Gasteiger partial charge in [0.05, 0.1) is 12.2 Å². The minimum absolute atomic E-state index is 0.107. The van der Waals surface area contributed by atoms with E-state index in [4.69, 9.17) is 5.84 Å². The van der Waals surface area contributed by atoms with Crippen molar-refractivity contribution in [2.24, 2.45) is 5.84 Å². The molecule has 0 unspecified atom stereocenters. The maximum atomic E-state index is 11.3. The summed E-state index contributed by atoms with van der Waals surface area (Å²) in [4.78, 5) is 11.3. The topological polar surface area (TPSA) is 58.4 Å². The van der Waals surface area contributed by atoms with E-state index < -0.39 is 0 Å². The van der Waals surface area contributed by atoms with Gasteiger partial charge in [-0.1, -0.05) is 18.2 Å². The number of hydrazine groups is 1. The van der Waals surface area contributed by atoms with Gasteiger partial charge >= 0.3 is 0 Å². The van der Waals surface area contributed by atoms with Gasteiger partial charge in [0.15, 0.2) is 0 Å². The maximum Gasteiger partial charge on any atom is 0.255 e. The summed E-state index contributed by atoms with van der Waals surface area (Å²) in [6.07, 6.45) is 0. The first-order valence-corrected chi connectivity index (χ1v) is 4.15. The highest BCUT2D eigenvalue weighted by molar-refractivity contribution is 5.94. The van der Waals surface area contributed by atoms with Crippen LogP contribution in [0.2, 0.25) is 0 Å². The van der Waals surface area contributed by atoms with E-state index in [0.29, 0.717) is 13.1 Å². The summed E-state index contributed by atoms with van der Waals surface area (Å²) in [7, 11) is 0. The predicted octanol–water partition coefficient (Wildman–Crippen LogP) is -0.00350. The molecule has 1 heterocycles. The highest BCUT2D eigenvalue weighted by Gasteiger charge is 2.17. The van der Waals surface area contributed by atoms with Gasteiger partial charge in [-0.15, -0.1) is 0 Å². The van der Waals surface area contributed by atoms with Gasteiger partial charge < -0.3 is 5.32 Å². The van der Waals surface area contributed by atoms with Crippen LogP contribution in [0.5, 0.6) is 0 Å². The van der Waals surface area contributed by atoms with Crippen molar-refractivity contribution in [2.75, 3.05) is 11.6 Å². The molecule has 0 spiro atoms. The lowest BCUT2D eigenvalue weighted by Gasteiger charge is -2.15. The number of benzene rings is 1. The fraction of sp³-hybridized carbons (Fsp3) is 0.222. The Morgan fingerprint density at radius 2 is 2.08 bits per heavy atom. The van der Waals surface area contributed by atoms with Crippen molar-refractivity contribution in [1.82, 2.24) is 5.32 Å². The molecule has 1 amide bonds. The molecule has 0 bridgehead atoms. The standard InChI is InChI=1S/C9H11N3O/c10-12-8-4-2-1-3-7(8)5-11-6-9(12)13/h1-4,11H,5-6,10H2. The second-order valence-corrected chi connectivity index (χ2v) is 3.00. The molecule has 68 valence electrons. The summed E-state index contributed by atoms with van der Waals surface area (Å²) in [5.74, 6) is 5.53. The van der Waals surface area contributed by atoms with Gasteiger partial charge in [-0.2, -0.15) is 0 Å². The van der Waals surface area contributed by atoms with E-state index in [2.05, 4.69) is 5.32 Å². The number of hydrogen-bond acceptors (Lipinski definition) is 3. The van der Waals surface area contributed by atoms with Crippen molar-refractivity contribution < 1.29 is 4.79 Å². The third kappa shape index (κ3) is 1.41. The van der Waals surface area contributed by atoms with Crippen LogP contribution in [0.3, 0.4) is 0 Å². The Kier molecular flexibility index (Phi) is 2.00. The van der Waals surface area contributed by atoms with Crippen molar-refractivity contribution in [1.29, 1.82) is 0 Å². The van der Waals surface area contributed by atoms with Gasteiger partial charge in [0.25, 0.3) is 5.91 Å². The fourth-order valence-electron chi connectivity index (χ4n) is 1.42. The van der Waals surface area contributed by atoms with E-state index in [1.165, 1.54) is 5.01 Å². The zero-order valence-electron chi connectivity index (χ0n) is 7.16. The summed E-state index contributed by atoms with van der Waals surface area (Å²) in [5.41, 5.74) is 1.84. The van der Waals surface area contributed by atoms with Crippen LogP contribution in [-0.4, -0.2) is 12.5 Å². The molecule has 13 heavy (non-hydrogen) atoms. The van der Waals surface area contributed by atoms with E-state index in [0.717, 1.165) is 11.3 Å². The number of amides is 1. The number of nitrogens with one attached hydrogen (secondary N) is 1. The van der Waals surface area contributed by atoms with Crippen LogP contribution >= 0.6 is 0 Å². The second-order valence-electron chi connectivity index (χ2n) is 3.00. The SMILES string of the molecule is NN1C(=O)CNCc2ccccc21. The number of rotatable bonds is 0. The molecule has 4 heteroatoms. The third-order valence-corrected chi connectivity index (χ3v) is 2.11. The second kappa shape index (κ2) is 3.16. The van der Waals surface area contributed by atoms with Crippen LogP contribution in [0, 0.1) is 0 Å². The first kappa shape index (κ1) is 8.22. The van der Waals surface area contributed by atoms with Crippen LogP contribution < -0.4 is 16.2 Å². The summed E-state index contributed by atoms with van der Waals surface area (Å²) in [6, 6.07) is 7.61. The minimum atomic E-state index is -0.107. The Bertz CT molecular complexity index is 337. The molecule has 3 N–H and O–H groups in total. The summed E-state index contributed by atoms with van der Waals surface area (Å²) in [6.45, 7) is 0.987. The molecule has 0 radical (unpaired) electrons. The first-order chi connectivity index (χ1) is 6.29. The number of para-hydroxylation sites is 1. The Morgan fingerprint density at radius 3 is 2.92 bits per heavy atom. The monoisotopic (exact) mass is 177 g/mol. The maximum absolute atomic E-state index is 11.3. The Hall–Kier alpha value is -1.39. The number of hydrogen-bond donors (Lipinski definition) is 2. The molecule has 0 aliphatic carbocycles. The molecule has 1 aliphatic rings. The van der Waals surface area contributed by atoms with Crippen molar-refractivity contribution >= 4 is 11.6 Å². The smallest absolute Gasteiger partial charge is 0.255 e. The normalized spacial score (nSPS) is 16.7. The molecule has 0 aromatic heterocycles. The summed E-state index contributed by atoms with van der Waals surface area (Å²) in [5, 5.41) is 4.22. The average molecular weight is 177 g/mol. The highest BCUT2D eigenvalue weighted by atomic mass is 16.2. The van der Waals surface area contributed by atoms with Crippen molar-refractivity contribution in [3.8, 4) is 0 Å². The van der Waals surface area contributed by atoms with Crippen LogP contribution in [0.1, 0.15) is 5.56 Å². The molecule has 1 aromatic rings. The minimum Gasteiger partial charge on any atom is -0.304 e. The highest BCUT2D eigenvalue weighted by Crippen LogP contribution is 2.19. The molecule has 0 fully saturated rings. The van der Waals surface area contributed by atoms with E-state index in [9.17, 15) is 4.79 Å². The Morgan fingerprint density at radius 1 is 1.31 bits per heavy atom. The lowest BCUT2D eigenvalue weighted by molar-refractivity contribution is -0.117. The van der Waals surface area contributed by atoms with Gasteiger partial charge in [-0.05, 0) is 11.6 Å². The molecule has 0 saturated carbocycles. The first-order valence-electron chi connectivity index (χ1n) is 4.15. The molecule has 1 aromatic carbocycles. The van der Waals surface area contributed by atoms with Crippen LogP contribution in [-0.2, 0) is 11.3 Å². The number of fused-ring (bicyclic) bond motifs is 1. The Labute approximate surface area is 76.3 Å². The van der Waals surface area contributed by atoms with Gasteiger partial charge in [0.1, 0.15) is 0 Å². The summed E-state index contributed by atoms with van der Waals surface area (Å²) >= 11 is 0. The van der Waals surface area contributed by atoms with Gasteiger partial charge in [-0.25, -0.2) is 10.9 Å². The third-order valence-electron chi connectivity index (χ3n) is 2.11. The van der Waals surface area contributed by atoms with Gasteiger partial charge in [0, 0.05) is 6.54 Å². The zero-order valence-corrected chi connectivity index (χ0v) is 7.16. The van der Waals surface area contributed by atoms with Crippen LogP contribution in [0.25, 0.3) is 0 Å². The van der Waals surface area contributed by atoms with E-state index in [1.54, 1.807) is 0 Å². The molecule has 4 nitrogen and oxygen atoms in total. The molecular formula is C9H11N3O. The number of anilines is 1. The number of carbonyl (C=O) groups excluding carboxylic acids is 1. The van der Waals surface area contributed by atoms with Crippen molar-refractivity contribution in [3.63, 3.8) is 0 Å². The largest absolute Gasteiger partial charge is 0.304 e. The van der Waals surface area contributed by atoms with Crippen molar-refractivity contribution in [2.45, 2.75) is 6.54 Å². The number of nitrogens with two attached hydrogens (primary N) is 1. The van der Waals surface area contributed by atoms with E-state index in [1.807, 2.05) is 24.3 Å². The molecule has 0 saturated heterocycles. The quantitative estimate of drug-likeness (QED) is 0.433.